The van der Waals surface area contributed by atoms with Gasteiger partial charge in [-0.3, -0.25) is 9.69 Å². The fraction of sp³-hybridized carbons (Fsp3) is 0.706. The number of methoxy groups -OCH3 is 1. The van der Waals surface area contributed by atoms with Crippen LogP contribution in [0.4, 0.5) is 0 Å². The maximum absolute atomic E-state index is 11.9. The van der Waals surface area contributed by atoms with Gasteiger partial charge in [0.15, 0.2) is 0 Å². The standard InChI is InChI=1S/C17H28N2O3S/c1-19(2)17(15-5-4-12-23-15)8-6-14(7-9-17)18-16(20)13-22-11-10-21-3/h4-5,12,14H,6-11,13H2,1-3H3,(H,18,20). The molecule has 0 bridgehead atoms. The highest BCUT2D eigenvalue weighted by atomic mass is 32.1. The smallest absolute Gasteiger partial charge is 0.246 e. The van der Waals surface area contributed by atoms with Crippen molar-refractivity contribution in [3.05, 3.63) is 22.4 Å². The molecule has 1 amide bonds. The predicted octanol–water partition coefficient (Wildman–Crippen LogP) is 2.23. The van der Waals surface area contributed by atoms with Gasteiger partial charge in [-0.15, -0.1) is 11.3 Å². The lowest BCUT2D eigenvalue weighted by molar-refractivity contribution is -0.127. The first-order valence-electron chi connectivity index (χ1n) is 8.16. The van der Waals surface area contributed by atoms with Gasteiger partial charge in [0.1, 0.15) is 6.61 Å². The molecule has 1 heterocycles. The molecule has 0 aliphatic heterocycles. The van der Waals surface area contributed by atoms with Gasteiger partial charge >= 0.3 is 0 Å². The van der Waals surface area contributed by atoms with Crippen LogP contribution in [0.5, 0.6) is 0 Å². The van der Waals surface area contributed by atoms with Crippen LogP contribution in [0.1, 0.15) is 30.6 Å². The summed E-state index contributed by atoms with van der Waals surface area (Å²) in [6.45, 7) is 1.09. The molecule has 1 saturated carbocycles. The van der Waals surface area contributed by atoms with Gasteiger partial charge in [0, 0.05) is 18.0 Å². The molecule has 0 radical (unpaired) electrons. The van der Waals surface area contributed by atoms with Crippen LogP contribution in [0.25, 0.3) is 0 Å². The largest absolute Gasteiger partial charge is 0.382 e. The molecule has 1 aromatic rings. The van der Waals surface area contributed by atoms with Gasteiger partial charge in [-0.05, 0) is 51.2 Å². The Morgan fingerprint density at radius 2 is 2.13 bits per heavy atom. The van der Waals surface area contributed by atoms with E-state index in [4.69, 9.17) is 9.47 Å². The third kappa shape index (κ3) is 4.76. The number of rotatable bonds is 8. The van der Waals surface area contributed by atoms with Crippen LogP contribution in [0, 0.1) is 0 Å². The SMILES string of the molecule is COCCOCC(=O)NC1CCC(c2cccs2)(N(C)C)CC1. The van der Waals surface area contributed by atoms with Crippen molar-refractivity contribution in [3.63, 3.8) is 0 Å². The molecule has 0 unspecified atom stereocenters. The van der Waals surface area contributed by atoms with E-state index in [1.54, 1.807) is 7.11 Å². The third-order valence-electron chi connectivity index (χ3n) is 4.68. The summed E-state index contributed by atoms with van der Waals surface area (Å²) in [4.78, 5) is 15.7. The Labute approximate surface area is 143 Å². The fourth-order valence-electron chi connectivity index (χ4n) is 3.27. The molecule has 1 aromatic heterocycles. The van der Waals surface area contributed by atoms with E-state index in [0.717, 1.165) is 25.7 Å². The monoisotopic (exact) mass is 340 g/mol. The van der Waals surface area contributed by atoms with E-state index in [0.29, 0.717) is 13.2 Å². The minimum Gasteiger partial charge on any atom is -0.382 e. The lowest BCUT2D eigenvalue weighted by atomic mass is 9.77. The number of ether oxygens (including phenoxy) is 2. The van der Waals surface area contributed by atoms with Gasteiger partial charge in [0.05, 0.1) is 18.8 Å². The molecular formula is C17H28N2O3S. The van der Waals surface area contributed by atoms with Crippen LogP contribution in [-0.4, -0.2) is 57.9 Å². The Balaban J connectivity index is 1.82. The van der Waals surface area contributed by atoms with E-state index in [-0.39, 0.29) is 24.1 Å². The minimum absolute atomic E-state index is 0.0282. The Bertz CT molecular complexity index is 468. The summed E-state index contributed by atoms with van der Waals surface area (Å²) in [6.07, 6.45) is 4.13. The molecule has 1 fully saturated rings. The zero-order valence-corrected chi connectivity index (χ0v) is 15.2. The Morgan fingerprint density at radius 1 is 1.39 bits per heavy atom. The van der Waals surface area contributed by atoms with E-state index in [9.17, 15) is 4.79 Å². The molecule has 0 atom stereocenters. The van der Waals surface area contributed by atoms with E-state index >= 15 is 0 Å². The van der Waals surface area contributed by atoms with Crippen molar-refractivity contribution in [1.29, 1.82) is 0 Å². The van der Waals surface area contributed by atoms with E-state index in [1.807, 2.05) is 11.3 Å². The molecule has 130 valence electrons. The Morgan fingerprint density at radius 3 is 2.70 bits per heavy atom. The fourth-order valence-corrected chi connectivity index (χ4v) is 4.34. The highest BCUT2D eigenvalue weighted by Crippen LogP contribution is 2.42. The highest BCUT2D eigenvalue weighted by Gasteiger charge is 2.39. The number of nitrogens with one attached hydrogen (secondary N) is 1. The summed E-state index contributed by atoms with van der Waals surface area (Å²) < 4.78 is 10.2. The number of thiophene rings is 1. The number of carbonyl (C=O) groups is 1. The summed E-state index contributed by atoms with van der Waals surface area (Å²) in [6, 6.07) is 4.60. The van der Waals surface area contributed by atoms with Crippen molar-refractivity contribution < 1.29 is 14.3 Å². The maximum Gasteiger partial charge on any atom is 0.246 e. The lowest BCUT2D eigenvalue weighted by Gasteiger charge is -2.44. The van der Waals surface area contributed by atoms with Gasteiger partial charge in [-0.1, -0.05) is 6.07 Å². The van der Waals surface area contributed by atoms with Crippen LogP contribution in [-0.2, 0) is 19.8 Å². The second kappa shape index (κ2) is 8.78. The second-order valence-electron chi connectivity index (χ2n) is 6.29. The third-order valence-corrected chi connectivity index (χ3v) is 5.74. The molecule has 23 heavy (non-hydrogen) atoms. The Hall–Kier alpha value is -0.950. The van der Waals surface area contributed by atoms with Crippen molar-refractivity contribution in [2.45, 2.75) is 37.3 Å². The molecule has 1 N–H and O–H groups in total. The summed E-state index contributed by atoms with van der Waals surface area (Å²) in [5.74, 6) is -0.0282. The molecule has 6 heteroatoms. The molecule has 1 aliphatic carbocycles. The van der Waals surface area contributed by atoms with Crippen molar-refractivity contribution >= 4 is 17.2 Å². The molecule has 0 aromatic carbocycles. The van der Waals surface area contributed by atoms with Gasteiger partial charge in [0.25, 0.3) is 0 Å². The van der Waals surface area contributed by atoms with Gasteiger partial charge in [-0.25, -0.2) is 0 Å². The van der Waals surface area contributed by atoms with Crippen molar-refractivity contribution in [1.82, 2.24) is 10.2 Å². The second-order valence-corrected chi connectivity index (χ2v) is 7.24. The molecule has 0 spiro atoms. The lowest BCUT2D eigenvalue weighted by Crippen LogP contribution is -2.48. The number of carbonyl (C=O) groups excluding carboxylic acids is 1. The van der Waals surface area contributed by atoms with E-state index in [2.05, 4.69) is 41.8 Å². The average molecular weight is 340 g/mol. The molecule has 2 rings (SSSR count). The quantitative estimate of drug-likeness (QED) is 0.737. The van der Waals surface area contributed by atoms with Crippen LogP contribution < -0.4 is 5.32 Å². The number of hydrogen-bond donors (Lipinski definition) is 1. The van der Waals surface area contributed by atoms with Crippen LogP contribution >= 0.6 is 11.3 Å². The molecule has 1 aliphatic rings. The summed E-state index contributed by atoms with van der Waals surface area (Å²) in [5, 5.41) is 5.24. The number of nitrogens with zero attached hydrogens (tertiary/aromatic N) is 1. The highest BCUT2D eigenvalue weighted by molar-refractivity contribution is 7.10. The first-order chi connectivity index (χ1) is 11.1. The summed E-state index contributed by atoms with van der Waals surface area (Å²) >= 11 is 1.83. The van der Waals surface area contributed by atoms with Crippen molar-refractivity contribution in [2.24, 2.45) is 0 Å². The number of hydrogen-bond acceptors (Lipinski definition) is 5. The maximum atomic E-state index is 11.9. The van der Waals surface area contributed by atoms with Crippen LogP contribution in [0.15, 0.2) is 17.5 Å². The zero-order valence-electron chi connectivity index (χ0n) is 14.3. The van der Waals surface area contributed by atoms with Crippen LogP contribution in [0.3, 0.4) is 0 Å². The topological polar surface area (TPSA) is 50.8 Å². The van der Waals surface area contributed by atoms with E-state index in [1.165, 1.54) is 4.88 Å². The van der Waals surface area contributed by atoms with Crippen molar-refractivity contribution in [3.8, 4) is 0 Å². The van der Waals surface area contributed by atoms with Gasteiger partial charge in [-0.2, -0.15) is 0 Å². The predicted molar refractivity (Wildman–Crippen MR) is 92.8 cm³/mol. The average Bonchev–Trinajstić information content (AvgIpc) is 3.07. The Kier molecular flexibility index (Phi) is 7.02. The summed E-state index contributed by atoms with van der Waals surface area (Å²) in [5.41, 5.74) is 0.115. The summed E-state index contributed by atoms with van der Waals surface area (Å²) in [7, 11) is 5.93. The molecule has 5 nitrogen and oxygen atoms in total. The number of amides is 1. The van der Waals surface area contributed by atoms with Gasteiger partial charge in [0.2, 0.25) is 5.91 Å². The van der Waals surface area contributed by atoms with Crippen LogP contribution in [0.2, 0.25) is 0 Å². The van der Waals surface area contributed by atoms with E-state index < -0.39 is 0 Å². The molecule has 0 saturated heterocycles. The normalized spacial score (nSPS) is 24.8. The first kappa shape index (κ1) is 18.4. The molecular weight excluding hydrogens is 312 g/mol. The first-order valence-corrected chi connectivity index (χ1v) is 9.04. The minimum atomic E-state index is -0.0282. The zero-order chi connectivity index (χ0) is 16.7. The van der Waals surface area contributed by atoms with Crippen molar-refractivity contribution in [2.75, 3.05) is 41.0 Å². The van der Waals surface area contributed by atoms with Gasteiger partial charge < -0.3 is 14.8 Å².